The molecule has 0 bridgehead atoms. The summed E-state index contributed by atoms with van der Waals surface area (Å²) in [7, 11) is -3.53. The molecule has 3 aromatic rings. The molecule has 9 heteroatoms. The van der Waals surface area contributed by atoms with Crippen LogP contribution in [0.1, 0.15) is 29.6 Å². The van der Waals surface area contributed by atoms with E-state index in [2.05, 4.69) is 27.8 Å². The summed E-state index contributed by atoms with van der Waals surface area (Å²) < 4.78 is 28.5. The summed E-state index contributed by atoms with van der Waals surface area (Å²) in [5.41, 5.74) is 1.41. The minimum absolute atomic E-state index is 0.324. The van der Waals surface area contributed by atoms with E-state index in [1.54, 1.807) is 22.5 Å². The molecule has 1 aliphatic carbocycles. The fourth-order valence-corrected chi connectivity index (χ4v) is 8.40. The van der Waals surface area contributed by atoms with E-state index in [1.807, 2.05) is 24.3 Å². The number of hydrogen-bond donors (Lipinski definition) is 0. The van der Waals surface area contributed by atoms with E-state index in [9.17, 15) is 8.42 Å². The number of benzene rings is 1. The summed E-state index contributed by atoms with van der Waals surface area (Å²) >= 11 is 5.20. The lowest BCUT2D eigenvalue weighted by Crippen LogP contribution is -2.49. The van der Waals surface area contributed by atoms with Gasteiger partial charge in [0, 0.05) is 35.5 Å². The van der Waals surface area contributed by atoms with Crippen molar-refractivity contribution in [3.05, 3.63) is 45.0 Å². The molecule has 0 saturated carbocycles. The lowest BCUT2D eigenvalue weighted by molar-refractivity contribution is 0.384. The molecule has 1 atom stereocenters. The first-order valence-electron chi connectivity index (χ1n) is 10.6. The van der Waals surface area contributed by atoms with Crippen LogP contribution < -0.4 is 4.90 Å². The van der Waals surface area contributed by atoms with Gasteiger partial charge in [-0.05, 0) is 65.7 Å². The summed E-state index contributed by atoms with van der Waals surface area (Å²) in [5.74, 6) is 2.47. The molecule has 1 unspecified atom stereocenters. The van der Waals surface area contributed by atoms with Gasteiger partial charge in [0.15, 0.2) is 0 Å². The van der Waals surface area contributed by atoms with Crippen LogP contribution in [-0.2, 0) is 22.9 Å². The zero-order chi connectivity index (χ0) is 21.8. The third kappa shape index (κ3) is 3.79. The van der Waals surface area contributed by atoms with Crippen molar-refractivity contribution in [3.63, 3.8) is 0 Å². The Morgan fingerprint density at radius 3 is 2.61 bits per heavy atom. The Labute approximate surface area is 195 Å². The van der Waals surface area contributed by atoms with Gasteiger partial charge in [-0.3, -0.25) is 0 Å². The molecular weight excluding hydrogens is 496 g/mol. The van der Waals surface area contributed by atoms with E-state index in [-0.39, 0.29) is 0 Å². The summed E-state index contributed by atoms with van der Waals surface area (Å²) in [6, 6.07) is 7.01. The fourth-order valence-electron chi connectivity index (χ4n) is 4.59. The Morgan fingerprint density at radius 2 is 1.87 bits per heavy atom. The molecule has 5 rings (SSSR count). The van der Waals surface area contributed by atoms with Crippen LogP contribution in [0.15, 0.2) is 33.6 Å². The Kier molecular flexibility index (Phi) is 5.57. The first-order valence-corrected chi connectivity index (χ1v) is 13.7. The summed E-state index contributed by atoms with van der Waals surface area (Å²) in [6.45, 7) is 6.38. The Morgan fingerprint density at radius 1 is 1.13 bits per heavy atom. The molecule has 2 aliphatic rings. The normalized spacial score (nSPS) is 20.2. The quantitative estimate of drug-likeness (QED) is 0.512. The Bertz CT molecular complexity index is 1250. The Hall–Kier alpha value is -1.55. The first kappa shape index (κ1) is 21.3. The van der Waals surface area contributed by atoms with Gasteiger partial charge in [-0.1, -0.05) is 19.1 Å². The van der Waals surface area contributed by atoms with Crippen molar-refractivity contribution in [1.82, 2.24) is 14.3 Å². The van der Waals surface area contributed by atoms with Crippen LogP contribution in [-0.4, -0.2) is 48.9 Å². The number of hydrogen-bond acceptors (Lipinski definition) is 6. The third-order valence-corrected chi connectivity index (χ3v) is 10.3. The summed E-state index contributed by atoms with van der Waals surface area (Å²) in [5, 5.41) is 1.19. The van der Waals surface area contributed by atoms with Crippen LogP contribution in [0, 0.1) is 12.8 Å². The lowest BCUT2D eigenvalue weighted by atomic mass is 9.89. The van der Waals surface area contributed by atoms with E-state index in [4.69, 9.17) is 9.97 Å². The molecule has 1 aliphatic heterocycles. The predicted octanol–water partition coefficient (Wildman–Crippen LogP) is 4.40. The third-order valence-electron chi connectivity index (χ3n) is 6.24. The van der Waals surface area contributed by atoms with Gasteiger partial charge in [0.1, 0.15) is 16.5 Å². The predicted molar refractivity (Wildman–Crippen MR) is 128 cm³/mol. The highest BCUT2D eigenvalue weighted by Gasteiger charge is 2.32. The van der Waals surface area contributed by atoms with Crippen molar-refractivity contribution in [2.24, 2.45) is 5.92 Å². The summed E-state index contributed by atoms with van der Waals surface area (Å²) in [4.78, 5) is 14.7. The van der Waals surface area contributed by atoms with Crippen molar-refractivity contribution >= 4 is 53.3 Å². The van der Waals surface area contributed by atoms with Gasteiger partial charge < -0.3 is 4.90 Å². The summed E-state index contributed by atoms with van der Waals surface area (Å²) in [6.07, 6.45) is 3.39. The fraction of sp³-hybridized carbons (Fsp3) is 0.455. The second-order valence-corrected chi connectivity index (χ2v) is 12.3. The molecule has 3 heterocycles. The standard InChI is InChI=1S/C22H25BrN4O2S2/c1-14-7-8-16-18(13-14)30-22-20(16)21(24-15(2)25-22)26-9-11-27(12-10-26)31(28,29)19-6-4-3-5-17(19)23/h3-6,14H,7-13H2,1-2H3. The number of sulfonamides is 1. The molecule has 1 saturated heterocycles. The van der Waals surface area contributed by atoms with Gasteiger partial charge in [-0.15, -0.1) is 11.3 Å². The van der Waals surface area contributed by atoms with Gasteiger partial charge in [0.05, 0.1) is 10.3 Å². The maximum Gasteiger partial charge on any atom is 0.244 e. The molecule has 0 radical (unpaired) electrons. The number of thiophene rings is 1. The monoisotopic (exact) mass is 520 g/mol. The number of aromatic nitrogens is 2. The SMILES string of the molecule is Cc1nc(N2CCN(S(=O)(=O)c3ccccc3Br)CC2)c2c3c(sc2n1)CC(C)CC3. The van der Waals surface area contributed by atoms with Crippen molar-refractivity contribution in [1.29, 1.82) is 0 Å². The van der Waals surface area contributed by atoms with Crippen molar-refractivity contribution in [2.75, 3.05) is 31.1 Å². The molecule has 0 N–H and O–H groups in total. The van der Waals surface area contributed by atoms with Gasteiger partial charge in [0.25, 0.3) is 0 Å². The van der Waals surface area contributed by atoms with E-state index in [1.165, 1.54) is 22.2 Å². The van der Waals surface area contributed by atoms with E-state index >= 15 is 0 Å². The van der Waals surface area contributed by atoms with Crippen molar-refractivity contribution in [2.45, 2.75) is 38.0 Å². The zero-order valence-electron chi connectivity index (χ0n) is 17.6. The van der Waals surface area contributed by atoms with Crippen LogP contribution in [0.5, 0.6) is 0 Å². The number of anilines is 1. The molecule has 164 valence electrons. The van der Waals surface area contributed by atoms with Crippen LogP contribution in [0.4, 0.5) is 5.82 Å². The molecule has 6 nitrogen and oxygen atoms in total. The molecule has 0 spiro atoms. The number of nitrogens with zero attached hydrogens (tertiary/aromatic N) is 4. The van der Waals surface area contributed by atoms with Gasteiger partial charge in [-0.25, -0.2) is 18.4 Å². The van der Waals surface area contributed by atoms with E-state index in [0.29, 0.717) is 41.5 Å². The molecule has 1 fully saturated rings. The number of halogens is 1. The second kappa shape index (κ2) is 8.10. The Balaban J connectivity index is 1.44. The smallest absolute Gasteiger partial charge is 0.244 e. The van der Waals surface area contributed by atoms with Crippen molar-refractivity contribution in [3.8, 4) is 0 Å². The van der Waals surface area contributed by atoms with Crippen molar-refractivity contribution < 1.29 is 8.42 Å². The van der Waals surface area contributed by atoms with Crippen LogP contribution in [0.25, 0.3) is 10.2 Å². The molecule has 1 aromatic carbocycles. The highest BCUT2D eigenvalue weighted by Crippen LogP contribution is 2.41. The average molecular weight is 522 g/mol. The van der Waals surface area contributed by atoms with Crippen LogP contribution in [0.3, 0.4) is 0 Å². The minimum atomic E-state index is -3.53. The van der Waals surface area contributed by atoms with E-state index in [0.717, 1.165) is 29.3 Å². The van der Waals surface area contributed by atoms with Crippen LogP contribution in [0.2, 0.25) is 0 Å². The largest absolute Gasteiger partial charge is 0.353 e. The molecular formula is C22H25BrN4O2S2. The van der Waals surface area contributed by atoms with E-state index < -0.39 is 10.0 Å². The highest BCUT2D eigenvalue weighted by atomic mass is 79.9. The number of aryl methyl sites for hydroxylation is 2. The lowest BCUT2D eigenvalue weighted by Gasteiger charge is -2.35. The van der Waals surface area contributed by atoms with Gasteiger partial charge in [-0.2, -0.15) is 4.31 Å². The average Bonchev–Trinajstić information content (AvgIpc) is 3.10. The maximum atomic E-state index is 13.2. The molecule has 2 aromatic heterocycles. The number of piperazine rings is 1. The molecule has 0 amide bonds. The number of fused-ring (bicyclic) bond motifs is 3. The second-order valence-electron chi connectivity index (χ2n) is 8.45. The van der Waals surface area contributed by atoms with Gasteiger partial charge in [0.2, 0.25) is 10.0 Å². The molecule has 31 heavy (non-hydrogen) atoms. The maximum absolute atomic E-state index is 13.2. The minimum Gasteiger partial charge on any atom is -0.353 e. The van der Waals surface area contributed by atoms with Crippen LogP contribution >= 0.6 is 27.3 Å². The highest BCUT2D eigenvalue weighted by molar-refractivity contribution is 9.10. The first-order chi connectivity index (χ1) is 14.8. The zero-order valence-corrected chi connectivity index (χ0v) is 20.9. The number of rotatable bonds is 3. The topological polar surface area (TPSA) is 66.4 Å². The van der Waals surface area contributed by atoms with Gasteiger partial charge >= 0.3 is 0 Å².